The van der Waals surface area contributed by atoms with Gasteiger partial charge in [0.15, 0.2) is 0 Å². The second kappa shape index (κ2) is 38.5. The molecular formula is C12H27Sb. The molecule has 6 radical (unpaired) electrons. The summed E-state index contributed by atoms with van der Waals surface area (Å²) >= 11 is 0. The minimum atomic E-state index is 0. The normalized spacial score (nSPS) is 6.92. The zero-order valence-corrected chi connectivity index (χ0v) is 12.4. The van der Waals surface area contributed by atoms with E-state index < -0.39 is 0 Å². The van der Waals surface area contributed by atoms with Gasteiger partial charge in [0.2, 0.25) is 0 Å². The van der Waals surface area contributed by atoms with E-state index in [1.807, 2.05) is 0 Å². The van der Waals surface area contributed by atoms with E-state index in [4.69, 9.17) is 0 Å². The van der Waals surface area contributed by atoms with Crippen molar-refractivity contribution in [3.63, 3.8) is 0 Å². The quantitative estimate of drug-likeness (QED) is 0.673. The maximum atomic E-state index is 3.60. The molecule has 0 saturated heterocycles. The van der Waals surface area contributed by atoms with E-state index in [0.717, 1.165) is 19.3 Å². The van der Waals surface area contributed by atoms with E-state index in [2.05, 4.69) is 41.5 Å². The first-order valence-corrected chi connectivity index (χ1v) is 5.12. The minimum Gasteiger partial charge on any atom is -0.0654 e. The van der Waals surface area contributed by atoms with Crippen molar-refractivity contribution in [2.75, 3.05) is 0 Å². The van der Waals surface area contributed by atoms with Crippen LogP contribution in [-0.2, 0) is 0 Å². The first kappa shape index (κ1) is 23.6. The van der Waals surface area contributed by atoms with E-state index in [1.165, 1.54) is 19.3 Å². The molecule has 0 N–H and O–H groups in total. The average Bonchev–Trinajstić information content (AvgIpc) is 2.18. The largest absolute Gasteiger partial charge is 0.0654 e. The molecule has 0 fully saturated rings. The van der Waals surface area contributed by atoms with Crippen LogP contribution < -0.4 is 0 Å². The van der Waals surface area contributed by atoms with Crippen molar-refractivity contribution in [2.45, 2.75) is 59.3 Å². The Morgan fingerprint density at radius 2 is 0.692 bits per heavy atom. The molecule has 0 aromatic heterocycles. The van der Waals surface area contributed by atoms with Crippen molar-refractivity contribution in [3.8, 4) is 0 Å². The molecule has 0 spiro atoms. The summed E-state index contributed by atoms with van der Waals surface area (Å²) in [5, 5.41) is 0. The Hall–Kier alpha value is 0.818. The fourth-order valence-electron chi connectivity index (χ4n) is 0. The summed E-state index contributed by atoms with van der Waals surface area (Å²) < 4.78 is 0. The molecule has 0 atom stereocenters. The molecular weight excluding hydrogens is 266 g/mol. The molecule has 0 aromatic rings. The van der Waals surface area contributed by atoms with Gasteiger partial charge in [-0.3, -0.25) is 0 Å². The predicted molar refractivity (Wildman–Crippen MR) is 66.5 cm³/mol. The Kier molecular flexibility index (Phi) is 69.8. The minimum absolute atomic E-state index is 0. The van der Waals surface area contributed by atoms with Gasteiger partial charge in [0, 0.05) is 24.4 Å². The molecule has 0 aromatic carbocycles. The zero-order chi connectivity index (χ0) is 10.2. The summed E-state index contributed by atoms with van der Waals surface area (Å²) in [7, 11) is 0. The van der Waals surface area contributed by atoms with Crippen molar-refractivity contribution in [1.29, 1.82) is 0 Å². The summed E-state index contributed by atoms with van der Waals surface area (Å²) in [6.45, 7) is 17.2. The molecule has 13 heavy (non-hydrogen) atoms. The van der Waals surface area contributed by atoms with E-state index in [1.54, 1.807) is 0 Å². The van der Waals surface area contributed by atoms with Crippen LogP contribution in [0.2, 0.25) is 0 Å². The van der Waals surface area contributed by atoms with Crippen LogP contribution in [0.4, 0.5) is 0 Å². The summed E-state index contributed by atoms with van der Waals surface area (Å²) in [4.78, 5) is 0. The van der Waals surface area contributed by atoms with Crippen molar-refractivity contribution in [1.82, 2.24) is 0 Å². The summed E-state index contributed by atoms with van der Waals surface area (Å²) in [5.74, 6) is 0. The van der Waals surface area contributed by atoms with Crippen LogP contribution in [-0.4, -0.2) is 24.4 Å². The molecule has 0 amide bonds. The SMILES string of the molecule is [CH2]CCC.[CH2]CCC.[CH2]CCC.[Sb]. The molecule has 0 rings (SSSR count). The Bertz CT molecular complexity index is 20.6. The van der Waals surface area contributed by atoms with Gasteiger partial charge in [0.05, 0.1) is 0 Å². The maximum Gasteiger partial charge on any atom is 0 e. The van der Waals surface area contributed by atoms with Crippen LogP contribution in [0.1, 0.15) is 59.3 Å². The van der Waals surface area contributed by atoms with Gasteiger partial charge in [-0.25, -0.2) is 0 Å². The summed E-state index contributed by atoms with van der Waals surface area (Å²) in [6, 6.07) is 0. The smallest absolute Gasteiger partial charge is 0 e. The first-order valence-electron chi connectivity index (χ1n) is 5.12. The Morgan fingerprint density at radius 3 is 0.692 bits per heavy atom. The monoisotopic (exact) mass is 292 g/mol. The van der Waals surface area contributed by atoms with Crippen molar-refractivity contribution < 1.29 is 0 Å². The zero-order valence-electron chi connectivity index (χ0n) is 9.81. The van der Waals surface area contributed by atoms with Gasteiger partial charge in [-0.1, -0.05) is 80.1 Å². The molecule has 0 bridgehead atoms. The number of rotatable bonds is 3. The Balaban J connectivity index is -0.0000000450. The van der Waals surface area contributed by atoms with Crippen LogP contribution in [0.15, 0.2) is 0 Å². The van der Waals surface area contributed by atoms with Gasteiger partial charge < -0.3 is 0 Å². The topological polar surface area (TPSA) is 0 Å². The van der Waals surface area contributed by atoms with Gasteiger partial charge in [0.25, 0.3) is 0 Å². The third-order valence-corrected chi connectivity index (χ3v) is 1.06. The predicted octanol–water partition coefficient (Wildman–Crippen LogP) is 4.48. The molecule has 0 aliphatic rings. The maximum absolute atomic E-state index is 3.60. The van der Waals surface area contributed by atoms with Crippen LogP contribution in [0.5, 0.6) is 0 Å². The van der Waals surface area contributed by atoms with Crippen molar-refractivity contribution >= 4 is 24.4 Å². The van der Waals surface area contributed by atoms with Gasteiger partial charge in [-0.2, -0.15) is 0 Å². The molecule has 80 valence electrons. The summed E-state index contributed by atoms with van der Waals surface area (Å²) in [5.41, 5.74) is 0. The third kappa shape index (κ3) is 103. The van der Waals surface area contributed by atoms with Gasteiger partial charge in [-0.05, 0) is 0 Å². The van der Waals surface area contributed by atoms with Crippen LogP contribution in [0.3, 0.4) is 0 Å². The summed E-state index contributed by atoms with van der Waals surface area (Å²) in [6.07, 6.45) is 6.83. The van der Waals surface area contributed by atoms with Crippen molar-refractivity contribution in [2.24, 2.45) is 0 Å². The first-order chi connectivity index (χ1) is 5.74. The van der Waals surface area contributed by atoms with Crippen molar-refractivity contribution in [3.05, 3.63) is 20.8 Å². The van der Waals surface area contributed by atoms with Gasteiger partial charge >= 0.3 is 0 Å². The molecule has 1 heteroatoms. The van der Waals surface area contributed by atoms with E-state index >= 15 is 0 Å². The molecule has 0 heterocycles. The van der Waals surface area contributed by atoms with E-state index in [9.17, 15) is 0 Å². The average molecular weight is 293 g/mol. The molecule has 0 saturated carbocycles. The molecule has 0 nitrogen and oxygen atoms in total. The number of hydrogen-bond acceptors (Lipinski definition) is 0. The standard InChI is InChI=1S/3C4H9.Sb/c3*1-3-4-2;/h3*1,3-4H2,2H3;. The number of unbranched alkanes of at least 4 members (excludes halogenated alkanes) is 3. The van der Waals surface area contributed by atoms with Gasteiger partial charge in [0.1, 0.15) is 0 Å². The number of hydrogen-bond donors (Lipinski definition) is 0. The van der Waals surface area contributed by atoms with Crippen LogP contribution in [0.25, 0.3) is 0 Å². The Labute approximate surface area is 104 Å². The fraction of sp³-hybridized carbons (Fsp3) is 0.750. The van der Waals surface area contributed by atoms with Crippen LogP contribution in [0, 0.1) is 20.8 Å². The van der Waals surface area contributed by atoms with E-state index in [0.29, 0.717) is 0 Å². The fourth-order valence-corrected chi connectivity index (χ4v) is 0. The van der Waals surface area contributed by atoms with Crippen LogP contribution >= 0.6 is 0 Å². The molecule has 0 unspecified atom stereocenters. The van der Waals surface area contributed by atoms with E-state index in [-0.39, 0.29) is 24.4 Å². The Morgan fingerprint density at radius 1 is 0.615 bits per heavy atom. The second-order valence-corrected chi connectivity index (χ2v) is 2.56. The molecule has 0 aliphatic heterocycles. The van der Waals surface area contributed by atoms with Gasteiger partial charge in [-0.15, -0.1) is 0 Å². The second-order valence-electron chi connectivity index (χ2n) is 2.56. The third-order valence-electron chi connectivity index (χ3n) is 1.06. The molecule has 0 aliphatic carbocycles.